The molecular formula is C9H11N7OS. The fourth-order valence-corrected chi connectivity index (χ4v) is 1.93. The molecule has 0 aliphatic rings. The molecule has 0 saturated heterocycles. The summed E-state index contributed by atoms with van der Waals surface area (Å²) < 4.78 is 0. The zero-order valence-corrected chi connectivity index (χ0v) is 10.1. The number of hydrogen-bond acceptors (Lipinski definition) is 7. The lowest BCUT2D eigenvalue weighted by Gasteiger charge is -2.01. The van der Waals surface area contributed by atoms with Crippen LogP contribution in [0.25, 0.3) is 0 Å². The first-order chi connectivity index (χ1) is 8.69. The first-order valence-electron chi connectivity index (χ1n) is 4.96. The van der Waals surface area contributed by atoms with Crippen LogP contribution >= 0.6 is 11.8 Å². The number of H-pyrrole nitrogens is 1. The summed E-state index contributed by atoms with van der Waals surface area (Å²) in [6.45, 7) is 0. The number of carbonyl (C=O) groups excluding carboxylic acids is 1. The van der Waals surface area contributed by atoms with Crippen molar-refractivity contribution in [1.29, 1.82) is 0 Å². The van der Waals surface area contributed by atoms with Crippen LogP contribution in [-0.2, 0) is 5.75 Å². The van der Waals surface area contributed by atoms with Gasteiger partial charge >= 0.3 is 0 Å². The first kappa shape index (κ1) is 12.3. The molecule has 2 heterocycles. The van der Waals surface area contributed by atoms with Crippen molar-refractivity contribution in [2.75, 3.05) is 5.73 Å². The summed E-state index contributed by atoms with van der Waals surface area (Å²) in [5, 5.41) is 6.95. The van der Waals surface area contributed by atoms with Crippen LogP contribution in [0.5, 0.6) is 0 Å². The third-order valence-corrected chi connectivity index (χ3v) is 2.88. The Kier molecular flexibility index (Phi) is 3.75. The summed E-state index contributed by atoms with van der Waals surface area (Å²) in [5.41, 5.74) is 8.43. The summed E-state index contributed by atoms with van der Waals surface area (Å²) in [6.07, 6.45) is 0. The highest BCUT2D eigenvalue weighted by atomic mass is 32.2. The number of amides is 1. The number of thioether (sulfide) groups is 1. The van der Waals surface area contributed by atoms with E-state index in [4.69, 9.17) is 11.6 Å². The van der Waals surface area contributed by atoms with Crippen molar-refractivity contribution in [3.05, 3.63) is 29.6 Å². The summed E-state index contributed by atoms with van der Waals surface area (Å²) in [7, 11) is 0. The molecule has 18 heavy (non-hydrogen) atoms. The van der Waals surface area contributed by atoms with Crippen LogP contribution in [0.2, 0.25) is 0 Å². The lowest BCUT2D eigenvalue weighted by molar-refractivity contribution is 0.0948. The van der Waals surface area contributed by atoms with Gasteiger partial charge < -0.3 is 5.73 Å². The molecule has 0 unspecified atom stereocenters. The van der Waals surface area contributed by atoms with Crippen LogP contribution < -0.4 is 17.0 Å². The summed E-state index contributed by atoms with van der Waals surface area (Å²) in [5.74, 6) is 5.41. The van der Waals surface area contributed by atoms with E-state index in [1.807, 2.05) is 5.43 Å². The number of nitrogens with one attached hydrogen (secondary N) is 2. The van der Waals surface area contributed by atoms with Gasteiger partial charge in [0.2, 0.25) is 11.1 Å². The van der Waals surface area contributed by atoms with Crippen molar-refractivity contribution in [1.82, 2.24) is 25.6 Å². The monoisotopic (exact) mass is 265 g/mol. The number of pyridine rings is 1. The highest BCUT2D eigenvalue weighted by molar-refractivity contribution is 7.98. The van der Waals surface area contributed by atoms with E-state index in [0.29, 0.717) is 10.9 Å². The van der Waals surface area contributed by atoms with Gasteiger partial charge in [0.15, 0.2) is 0 Å². The molecule has 0 spiro atoms. The number of aromatic amines is 1. The van der Waals surface area contributed by atoms with Crippen LogP contribution in [0.15, 0.2) is 23.4 Å². The van der Waals surface area contributed by atoms with Crippen LogP contribution in [0.3, 0.4) is 0 Å². The molecule has 0 radical (unpaired) electrons. The third-order valence-electron chi connectivity index (χ3n) is 2.00. The first-order valence-corrected chi connectivity index (χ1v) is 5.95. The van der Waals surface area contributed by atoms with Crippen LogP contribution in [0.4, 0.5) is 5.95 Å². The predicted octanol–water partition coefficient (Wildman–Crippen LogP) is -0.322. The molecule has 9 heteroatoms. The van der Waals surface area contributed by atoms with Gasteiger partial charge in [0.05, 0.1) is 5.69 Å². The number of hydrazine groups is 1. The summed E-state index contributed by atoms with van der Waals surface area (Å²) in [6, 6.07) is 5.12. The molecule has 1 amide bonds. The molecular weight excluding hydrogens is 254 g/mol. The van der Waals surface area contributed by atoms with Gasteiger partial charge in [-0.2, -0.15) is 4.98 Å². The molecule has 0 aromatic carbocycles. The number of nitrogens with two attached hydrogens (primary N) is 2. The Balaban J connectivity index is 2.03. The van der Waals surface area contributed by atoms with Crippen molar-refractivity contribution in [2.24, 2.45) is 5.84 Å². The Morgan fingerprint density at radius 1 is 1.44 bits per heavy atom. The number of aromatic nitrogens is 4. The number of nitrogens with zero attached hydrogens (tertiary/aromatic N) is 3. The zero-order valence-electron chi connectivity index (χ0n) is 9.25. The van der Waals surface area contributed by atoms with E-state index in [0.717, 1.165) is 5.69 Å². The maximum absolute atomic E-state index is 11.3. The molecule has 0 fully saturated rings. The van der Waals surface area contributed by atoms with E-state index < -0.39 is 5.91 Å². The van der Waals surface area contributed by atoms with Crippen LogP contribution in [0, 0.1) is 0 Å². The molecule has 2 rings (SSSR count). The van der Waals surface area contributed by atoms with E-state index in [-0.39, 0.29) is 11.6 Å². The minimum absolute atomic E-state index is 0.265. The largest absolute Gasteiger partial charge is 0.368 e. The normalized spacial score (nSPS) is 10.3. The zero-order chi connectivity index (χ0) is 13.0. The fraction of sp³-hybridized carbons (Fsp3) is 0.111. The fourth-order valence-electron chi connectivity index (χ4n) is 1.22. The van der Waals surface area contributed by atoms with Gasteiger partial charge in [-0.15, -0.1) is 5.10 Å². The van der Waals surface area contributed by atoms with Crippen LogP contribution in [-0.4, -0.2) is 26.1 Å². The Morgan fingerprint density at radius 3 is 2.94 bits per heavy atom. The van der Waals surface area contributed by atoms with Gasteiger partial charge in [-0.1, -0.05) is 17.8 Å². The summed E-state index contributed by atoms with van der Waals surface area (Å²) >= 11 is 1.36. The van der Waals surface area contributed by atoms with Crippen molar-refractivity contribution in [3.8, 4) is 0 Å². The van der Waals surface area contributed by atoms with Gasteiger partial charge in [-0.25, -0.2) is 15.9 Å². The number of carbonyl (C=O) groups is 1. The minimum Gasteiger partial charge on any atom is -0.368 e. The second-order valence-corrected chi connectivity index (χ2v) is 4.22. The number of anilines is 1. The average molecular weight is 265 g/mol. The van der Waals surface area contributed by atoms with Gasteiger partial charge in [-0.3, -0.25) is 10.2 Å². The van der Waals surface area contributed by atoms with Gasteiger partial charge in [0, 0.05) is 5.75 Å². The SMILES string of the molecule is NNC(=O)c1cccc(CSc2n[nH]c(N)n2)n1. The topological polar surface area (TPSA) is 136 Å². The van der Waals surface area contributed by atoms with Gasteiger partial charge in [0.1, 0.15) is 5.69 Å². The number of hydrogen-bond donors (Lipinski definition) is 4. The molecule has 94 valence electrons. The standard InChI is InChI=1S/C9H11N7OS/c10-8-13-9(16-15-8)18-4-5-2-1-3-6(12-5)7(17)14-11/h1-3H,4,11H2,(H,14,17)(H3,10,13,15,16). The minimum atomic E-state index is -0.427. The molecule has 0 atom stereocenters. The molecule has 2 aromatic rings. The second kappa shape index (κ2) is 5.47. The average Bonchev–Trinajstić information content (AvgIpc) is 2.81. The number of rotatable bonds is 4. The quantitative estimate of drug-likeness (QED) is 0.257. The van der Waals surface area contributed by atoms with E-state index in [9.17, 15) is 4.79 Å². The van der Waals surface area contributed by atoms with Gasteiger partial charge in [-0.05, 0) is 12.1 Å². The van der Waals surface area contributed by atoms with Gasteiger partial charge in [0.25, 0.3) is 5.91 Å². The maximum Gasteiger partial charge on any atom is 0.283 e. The molecule has 0 bridgehead atoms. The lowest BCUT2D eigenvalue weighted by atomic mass is 10.3. The molecule has 0 aliphatic heterocycles. The van der Waals surface area contributed by atoms with Crippen molar-refractivity contribution >= 4 is 23.6 Å². The smallest absolute Gasteiger partial charge is 0.283 e. The Morgan fingerprint density at radius 2 is 2.28 bits per heavy atom. The van der Waals surface area contributed by atoms with E-state index in [1.165, 1.54) is 11.8 Å². The molecule has 8 nitrogen and oxygen atoms in total. The lowest BCUT2D eigenvalue weighted by Crippen LogP contribution is -2.30. The second-order valence-electron chi connectivity index (χ2n) is 3.28. The maximum atomic E-state index is 11.3. The highest BCUT2D eigenvalue weighted by Crippen LogP contribution is 2.18. The summed E-state index contributed by atoms with van der Waals surface area (Å²) in [4.78, 5) is 19.4. The Bertz CT molecular complexity index is 555. The molecule has 0 aliphatic carbocycles. The van der Waals surface area contributed by atoms with Crippen molar-refractivity contribution < 1.29 is 4.79 Å². The molecule has 0 saturated carbocycles. The third kappa shape index (κ3) is 2.96. The van der Waals surface area contributed by atoms with E-state index in [1.54, 1.807) is 18.2 Å². The predicted molar refractivity (Wildman–Crippen MR) is 66.2 cm³/mol. The van der Waals surface area contributed by atoms with Crippen molar-refractivity contribution in [3.63, 3.8) is 0 Å². The molecule has 2 aromatic heterocycles. The highest BCUT2D eigenvalue weighted by Gasteiger charge is 2.07. The van der Waals surface area contributed by atoms with E-state index >= 15 is 0 Å². The van der Waals surface area contributed by atoms with E-state index in [2.05, 4.69) is 20.2 Å². The number of nitrogen functional groups attached to an aromatic ring is 2. The van der Waals surface area contributed by atoms with Crippen molar-refractivity contribution in [2.45, 2.75) is 10.9 Å². The Labute approximate surface area is 107 Å². The van der Waals surface area contributed by atoms with Crippen LogP contribution in [0.1, 0.15) is 16.2 Å². The Hall–Kier alpha value is -2.13. The molecule has 6 N–H and O–H groups in total.